The first-order valence-corrected chi connectivity index (χ1v) is 30.0. The molecule has 9 rings (SSSR count). The lowest BCUT2D eigenvalue weighted by molar-refractivity contribution is -0.374. The molecule has 25 heteroatoms. The maximum Gasteiger partial charge on any atom is 0.303 e. The van der Waals surface area contributed by atoms with Crippen molar-refractivity contribution in [2.24, 2.45) is 28.6 Å². The first-order valence-electron chi connectivity index (χ1n) is 30.0. The van der Waals surface area contributed by atoms with Gasteiger partial charge in [0.2, 0.25) is 0 Å². The van der Waals surface area contributed by atoms with E-state index in [1.807, 2.05) is 20.8 Å². The molecule has 5 saturated heterocycles. The quantitative estimate of drug-likeness (QED) is 0.0839. The van der Waals surface area contributed by atoms with E-state index < -0.39 is 194 Å². The molecule has 0 amide bonds. The van der Waals surface area contributed by atoms with Gasteiger partial charge in [-0.2, -0.15) is 0 Å². The van der Waals surface area contributed by atoms with Gasteiger partial charge in [0.05, 0.1) is 61.0 Å². The van der Waals surface area contributed by atoms with Crippen molar-refractivity contribution in [3.8, 4) is 0 Å². The summed E-state index contributed by atoms with van der Waals surface area (Å²) < 4.78 is 99.6. The summed E-state index contributed by atoms with van der Waals surface area (Å²) in [6.07, 6.45) is -16.5. The summed E-state index contributed by atoms with van der Waals surface area (Å²) in [6, 6.07) is 0. The first-order chi connectivity index (χ1) is 39.8. The van der Waals surface area contributed by atoms with Gasteiger partial charge in [0.1, 0.15) is 79.0 Å². The number of aliphatic hydroxyl groups excluding tert-OH is 5. The molecule has 3 saturated carbocycles. The zero-order valence-electron chi connectivity index (χ0n) is 50.8. The van der Waals surface area contributed by atoms with E-state index in [1.54, 1.807) is 28.1 Å². The number of hydrogen-bond donors (Lipinski definition) is 6. The number of hydrogen-bond acceptors (Lipinski definition) is 25. The van der Waals surface area contributed by atoms with Crippen molar-refractivity contribution >= 4 is 17.7 Å². The van der Waals surface area contributed by atoms with Gasteiger partial charge in [-0.15, -0.1) is 0 Å². The average molecular weight is 1200 g/mol. The van der Waals surface area contributed by atoms with Crippen molar-refractivity contribution in [3.05, 3.63) is 11.6 Å². The van der Waals surface area contributed by atoms with Crippen LogP contribution in [-0.4, -0.2) is 243 Å². The van der Waals surface area contributed by atoms with Gasteiger partial charge < -0.3 is 106 Å². The second-order valence-electron chi connectivity index (χ2n) is 25.4. The van der Waals surface area contributed by atoms with Crippen LogP contribution in [0.5, 0.6) is 0 Å². The second-order valence-corrected chi connectivity index (χ2v) is 25.4. The fourth-order valence-corrected chi connectivity index (χ4v) is 16.2. The molecule has 31 atom stereocenters. The van der Waals surface area contributed by atoms with Gasteiger partial charge in [-0.1, -0.05) is 25.5 Å². The Kier molecular flexibility index (Phi) is 20.9. The molecule has 0 unspecified atom stereocenters. The summed E-state index contributed by atoms with van der Waals surface area (Å²) in [5.74, 6) is -2.56. The topological polar surface area (TPSA) is 320 Å². The van der Waals surface area contributed by atoms with Crippen molar-refractivity contribution in [2.45, 2.75) is 279 Å². The van der Waals surface area contributed by atoms with E-state index in [4.69, 9.17) is 75.8 Å². The highest BCUT2D eigenvalue weighted by atomic mass is 16.8. The number of esters is 2. The molecule has 0 aromatic heterocycles. The summed E-state index contributed by atoms with van der Waals surface area (Å²) in [5, 5.41) is 65.4. The molecule has 0 radical (unpaired) electrons. The van der Waals surface area contributed by atoms with E-state index in [2.05, 4.69) is 13.0 Å². The number of allylic oxidation sites excluding steroid dienone is 1. The number of carbonyl (C=O) groups is 3. The molecule has 0 bridgehead atoms. The number of Topliss-reactive ketones (excluding diaryl/α,β-unsaturated/α-hetero) is 1. The van der Waals surface area contributed by atoms with Gasteiger partial charge in [-0.25, -0.2) is 0 Å². The van der Waals surface area contributed by atoms with Crippen LogP contribution in [0.1, 0.15) is 120 Å². The molecule has 25 nitrogen and oxygen atoms in total. The first kappa shape index (κ1) is 66.0. The Bertz CT molecular complexity index is 2290. The van der Waals surface area contributed by atoms with Gasteiger partial charge in [0.25, 0.3) is 0 Å². The van der Waals surface area contributed by atoms with Crippen molar-refractivity contribution in [2.75, 3.05) is 35.0 Å². The number of methoxy groups -OCH3 is 4. The lowest BCUT2D eigenvalue weighted by Gasteiger charge is -2.64. The van der Waals surface area contributed by atoms with E-state index in [1.165, 1.54) is 35.0 Å². The summed E-state index contributed by atoms with van der Waals surface area (Å²) in [5.41, 5.74) is -1.98. The third-order valence-corrected chi connectivity index (χ3v) is 20.6. The van der Waals surface area contributed by atoms with E-state index in [0.717, 1.165) is 5.57 Å². The van der Waals surface area contributed by atoms with Gasteiger partial charge in [0, 0.05) is 78.8 Å². The number of rotatable bonds is 18. The smallest absolute Gasteiger partial charge is 0.303 e. The van der Waals surface area contributed by atoms with Crippen molar-refractivity contribution in [3.63, 3.8) is 0 Å². The molecular formula is C59H94O25. The number of fused-ring (bicyclic) bond motifs is 5. The van der Waals surface area contributed by atoms with Gasteiger partial charge in [0.15, 0.2) is 31.5 Å². The molecule has 84 heavy (non-hydrogen) atoms. The molecule has 6 N–H and O–H groups in total. The van der Waals surface area contributed by atoms with Crippen LogP contribution in [0.2, 0.25) is 0 Å². The normalized spacial score (nSPS) is 50.5. The van der Waals surface area contributed by atoms with E-state index in [-0.39, 0.29) is 24.2 Å². The monoisotopic (exact) mass is 1200 g/mol. The summed E-state index contributed by atoms with van der Waals surface area (Å²) in [4.78, 5) is 39.0. The minimum atomic E-state index is -1.68. The largest absolute Gasteiger partial charge is 0.458 e. The second kappa shape index (κ2) is 26.6. The number of ketones is 1. The van der Waals surface area contributed by atoms with Crippen molar-refractivity contribution < 1.29 is 121 Å². The lowest BCUT2D eigenvalue weighted by atomic mass is 9.44. The van der Waals surface area contributed by atoms with E-state index >= 15 is 0 Å². The van der Waals surface area contributed by atoms with Crippen LogP contribution < -0.4 is 0 Å². The van der Waals surface area contributed by atoms with Crippen LogP contribution in [0.3, 0.4) is 0 Å². The Morgan fingerprint density at radius 3 is 1.61 bits per heavy atom. The Morgan fingerprint density at radius 1 is 0.583 bits per heavy atom. The maximum atomic E-state index is 13.2. The average Bonchev–Trinajstić information content (AvgIpc) is 1.32. The molecular weight excluding hydrogens is 1110 g/mol. The number of aliphatic hydroxyl groups is 6. The zero-order chi connectivity index (χ0) is 61.1. The summed E-state index contributed by atoms with van der Waals surface area (Å²) >= 11 is 0. The predicted molar refractivity (Wildman–Crippen MR) is 288 cm³/mol. The van der Waals surface area contributed by atoms with Crippen molar-refractivity contribution in [1.29, 1.82) is 0 Å². The van der Waals surface area contributed by atoms with Crippen LogP contribution in [0, 0.1) is 28.6 Å². The molecule has 9 aliphatic rings. The Hall–Kier alpha value is -2.45. The fraction of sp³-hybridized carbons (Fsp3) is 0.915. The molecule has 0 spiro atoms. The van der Waals surface area contributed by atoms with E-state index in [9.17, 15) is 45.0 Å². The van der Waals surface area contributed by atoms with Crippen LogP contribution in [0.15, 0.2) is 11.6 Å². The van der Waals surface area contributed by atoms with Gasteiger partial charge in [-0.3, -0.25) is 14.4 Å². The Labute approximate surface area is 491 Å². The highest BCUT2D eigenvalue weighted by Crippen LogP contribution is 2.69. The zero-order valence-corrected chi connectivity index (χ0v) is 50.8. The van der Waals surface area contributed by atoms with Gasteiger partial charge >= 0.3 is 11.9 Å². The standard InChI is InChI=1S/C59H94O25/c1-25(61)34-17-19-59(68)35-15-14-32-20-33(16-18-57(32,8)43(35)52(77-30(6)62)54(58(34,59)9)78-31(7)63)79-40-21-36(69-10)48(26(2)73-40)81-41-22-37(70-11)49(27(3)74-41)82-42-23-38(71-12)50(28(4)75-42)83-56-47(67)53(72-13)51(29(5)76-56)84-55-46(66)45(65)44(64)39(24-60)80-55/h14,26-29,33-56,60,64-68H,15-24H2,1-13H3/t26-,27-,28-,29-,33+,34-,35-,36+,37+,38-,39-,40+,41+,42+,43-,44-,45+,46-,47-,48-,49-,50-,51-,52+,53+,54-,55+,56+,57+,58+,59+/m1/s1. The van der Waals surface area contributed by atoms with Crippen LogP contribution in [0.4, 0.5) is 0 Å². The molecule has 5 aliphatic heterocycles. The van der Waals surface area contributed by atoms with E-state index in [0.29, 0.717) is 51.4 Å². The Balaban J connectivity index is 0.783. The Morgan fingerprint density at radius 2 is 1.10 bits per heavy atom. The molecule has 4 aliphatic carbocycles. The highest BCUT2D eigenvalue weighted by molar-refractivity contribution is 5.80. The molecule has 5 heterocycles. The van der Waals surface area contributed by atoms with Crippen molar-refractivity contribution in [1.82, 2.24) is 0 Å². The molecule has 480 valence electrons. The summed E-state index contributed by atoms with van der Waals surface area (Å²) in [7, 11) is 6.12. The third kappa shape index (κ3) is 12.3. The van der Waals surface area contributed by atoms with Crippen LogP contribution >= 0.6 is 0 Å². The van der Waals surface area contributed by atoms with Gasteiger partial charge in [-0.05, 0) is 84.5 Å². The fourth-order valence-electron chi connectivity index (χ4n) is 16.2. The highest BCUT2D eigenvalue weighted by Gasteiger charge is 2.75. The maximum absolute atomic E-state index is 13.2. The molecule has 8 fully saturated rings. The minimum Gasteiger partial charge on any atom is -0.458 e. The lowest BCUT2D eigenvalue weighted by Crippen LogP contribution is -2.72. The SMILES string of the molecule is CO[C@H]1[C@@H](O)[C@H](O[C@@H]2[C@@H](C)O[C@@H](O[C@H]3[C@@H](OC)C[C@H](O[C@H]4[C@@H](OC)C[C@H](O[C@H]5CC[C@@]6(C)C(=CC[C@@H]7[C@@H]6[C@H](OC(C)=O)[C@@H](OC(C)=O)[C@]6(C)[C@@H](C(C)=O)CC[C@]76O)C5)O[C@@H]4C)O[C@@H]3C)C[C@H]2OC)O[C@H](C)[C@H]1O[C@@H]1O[C@H](CO)[C@@H](O)[C@H](O)[C@H]1O. The predicted octanol–water partition coefficient (Wildman–Crippen LogP) is 1.65. The molecule has 0 aromatic rings. The van der Waals surface area contributed by atoms with Crippen LogP contribution in [-0.2, 0) is 90.2 Å². The minimum absolute atomic E-state index is 0.0992. The third-order valence-electron chi connectivity index (χ3n) is 20.6. The van der Waals surface area contributed by atoms with Crippen LogP contribution in [0.25, 0.3) is 0 Å². The molecule has 0 aromatic carbocycles. The number of carbonyl (C=O) groups excluding carboxylic acids is 3. The summed E-state index contributed by atoms with van der Waals surface area (Å²) in [6.45, 7) is 14.7. The number of ether oxygens (including phenoxy) is 16.